The zero-order valence-corrected chi connectivity index (χ0v) is 17.5. The van der Waals surface area contributed by atoms with Crippen molar-refractivity contribution in [2.24, 2.45) is 0 Å². The van der Waals surface area contributed by atoms with Gasteiger partial charge in [0.2, 0.25) is 0 Å². The average molecular weight is 438 g/mol. The van der Waals surface area contributed by atoms with Crippen molar-refractivity contribution in [3.8, 4) is 23.3 Å². The van der Waals surface area contributed by atoms with Gasteiger partial charge in [0.15, 0.2) is 17.5 Å². The summed E-state index contributed by atoms with van der Waals surface area (Å²) in [5.41, 5.74) is 1.08. The number of carbonyl (C=O) groups is 1. The molecule has 0 fully saturated rings. The number of hydrogen-bond donors (Lipinski definition) is 0. The van der Waals surface area contributed by atoms with Crippen molar-refractivity contribution < 1.29 is 27.4 Å². The fourth-order valence-corrected chi connectivity index (χ4v) is 2.77. The van der Waals surface area contributed by atoms with Crippen LogP contribution in [-0.2, 0) is 0 Å². The van der Waals surface area contributed by atoms with Crippen LogP contribution in [0.25, 0.3) is 0 Å². The van der Waals surface area contributed by atoms with E-state index < -0.39 is 29.0 Å². The first-order valence-corrected chi connectivity index (χ1v) is 10.2. The molecule has 3 nitrogen and oxygen atoms in total. The SMILES string of the molecule is CCCCCOc1ccc(C#Cc2ccc(OC(=O)c3cc(F)c(F)c(F)c3)cc2)cc1. The Morgan fingerprint density at radius 2 is 1.34 bits per heavy atom. The molecule has 0 aromatic heterocycles. The normalized spacial score (nSPS) is 10.2. The maximum absolute atomic E-state index is 13.3. The largest absolute Gasteiger partial charge is 0.494 e. The van der Waals surface area contributed by atoms with Crippen molar-refractivity contribution in [2.75, 3.05) is 6.61 Å². The van der Waals surface area contributed by atoms with Crippen LogP contribution in [0, 0.1) is 29.3 Å². The van der Waals surface area contributed by atoms with E-state index in [0.29, 0.717) is 24.3 Å². The van der Waals surface area contributed by atoms with Crippen molar-refractivity contribution in [3.05, 3.63) is 94.8 Å². The van der Waals surface area contributed by atoms with E-state index in [2.05, 4.69) is 18.8 Å². The summed E-state index contributed by atoms with van der Waals surface area (Å²) < 4.78 is 50.3. The van der Waals surface area contributed by atoms with E-state index in [1.807, 2.05) is 24.3 Å². The van der Waals surface area contributed by atoms with E-state index in [4.69, 9.17) is 9.47 Å². The molecule has 0 heterocycles. The molecule has 0 aliphatic carbocycles. The molecule has 3 rings (SSSR count). The number of ether oxygens (including phenoxy) is 2. The number of carbonyl (C=O) groups excluding carboxylic acids is 1. The zero-order chi connectivity index (χ0) is 22.9. The van der Waals surface area contributed by atoms with Crippen molar-refractivity contribution in [3.63, 3.8) is 0 Å². The minimum Gasteiger partial charge on any atom is -0.494 e. The van der Waals surface area contributed by atoms with Crippen LogP contribution in [0.1, 0.15) is 47.7 Å². The standard InChI is InChI=1S/C26H21F3O3/c1-2-3-4-15-31-21-11-7-18(8-12-21)5-6-19-9-13-22(14-10-19)32-26(30)20-16-23(27)25(29)24(28)17-20/h7-14,16-17H,2-4,15H2,1H3. The molecule has 0 bridgehead atoms. The summed E-state index contributed by atoms with van der Waals surface area (Å²) in [7, 11) is 0. The van der Waals surface area contributed by atoms with E-state index in [-0.39, 0.29) is 5.75 Å². The molecule has 0 saturated carbocycles. The second kappa shape index (κ2) is 11.1. The maximum Gasteiger partial charge on any atom is 0.343 e. The van der Waals surface area contributed by atoms with Crippen LogP contribution in [0.3, 0.4) is 0 Å². The molecule has 0 aliphatic heterocycles. The molecule has 32 heavy (non-hydrogen) atoms. The predicted octanol–water partition coefficient (Wildman–Crippen LogP) is 6.29. The number of halogens is 3. The smallest absolute Gasteiger partial charge is 0.343 e. The molecule has 0 radical (unpaired) electrons. The van der Waals surface area contributed by atoms with Gasteiger partial charge in [0.05, 0.1) is 12.2 Å². The number of unbranched alkanes of at least 4 members (excludes halogenated alkanes) is 2. The Kier molecular flexibility index (Phi) is 7.93. The van der Waals surface area contributed by atoms with Gasteiger partial charge in [-0.2, -0.15) is 0 Å². The topological polar surface area (TPSA) is 35.5 Å². The van der Waals surface area contributed by atoms with E-state index in [1.165, 1.54) is 12.1 Å². The summed E-state index contributed by atoms with van der Waals surface area (Å²) in [5.74, 6) is 1.44. The first-order chi connectivity index (χ1) is 15.5. The average Bonchev–Trinajstić information content (AvgIpc) is 2.80. The van der Waals surface area contributed by atoms with Gasteiger partial charge in [-0.15, -0.1) is 0 Å². The molecule has 0 spiro atoms. The third-order valence-corrected chi connectivity index (χ3v) is 4.51. The Labute approximate surface area is 184 Å². The lowest BCUT2D eigenvalue weighted by atomic mass is 10.1. The zero-order valence-electron chi connectivity index (χ0n) is 17.5. The summed E-state index contributed by atoms with van der Waals surface area (Å²) >= 11 is 0. The van der Waals surface area contributed by atoms with E-state index in [9.17, 15) is 18.0 Å². The Bertz CT molecular complexity index is 1100. The summed E-state index contributed by atoms with van der Waals surface area (Å²) in [6.07, 6.45) is 3.32. The minimum absolute atomic E-state index is 0.162. The monoisotopic (exact) mass is 438 g/mol. The summed E-state index contributed by atoms with van der Waals surface area (Å²) in [5, 5.41) is 0. The third kappa shape index (κ3) is 6.39. The molecule has 3 aromatic rings. The van der Waals surface area contributed by atoms with Gasteiger partial charge < -0.3 is 9.47 Å². The lowest BCUT2D eigenvalue weighted by Gasteiger charge is -2.05. The maximum atomic E-state index is 13.3. The predicted molar refractivity (Wildman–Crippen MR) is 115 cm³/mol. The van der Waals surface area contributed by atoms with Gasteiger partial charge in [0, 0.05) is 11.1 Å². The van der Waals surface area contributed by atoms with Gasteiger partial charge >= 0.3 is 5.97 Å². The van der Waals surface area contributed by atoms with Gasteiger partial charge in [0.1, 0.15) is 11.5 Å². The van der Waals surface area contributed by atoms with Gasteiger partial charge in [-0.25, -0.2) is 18.0 Å². The van der Waals surface area contributed by atoms with Gasteiger partial charge in [-0.1, -0.05) is 31.6 Å². The third-order valence-electron chi connectivity index (χ3n) is 4.51. The first kappa shape index (κ1) is 23.0. The lowest BCUT2D eigenvalue weighted by molar-refractivity contribution is 0.0733. The van der Waals surface area contributed by atoms with Gasteiger partial charge in [0.25, 0.3) is 0 Å². The lowest BCUT2D eigenvalue weighted by Crippen LogP contribution is -2.10. The van der Waals surface area contributed by atoms with E-state index in [1.54, 1.807) is 12.1 Å². The van der Waals surface area contributed by atoms with Crippen LogP contribution in [0.4, 0.5) is 13.2 Å². The number of rotatable bonds is 7. The Morgan fingerprint density at radius 1 is 0.812 bits per heavy atom. The van der Waals surface area contributed by atoms with Crippen LogP contribution in [0.15, 0.2) is 60.7 Å². The quantitative estimate of drug-likeness (QED) is 0.143. The second-order valence-electron chi connectivity index (χ2n) is 7.00. The fourth-order valence-electron chi connectivity index (χ4n) is 2.77. The summed E-state index contributed by atoms with van der Waals surface area (Å²) in [6.45, 7) is 2.84. The second-order valence-corrected chi connectivity index (χ2v) is 7.00. The Balaban J connectivity index is 1.58. The van der Waals surface area contributed by atoms with Crippen LogP contribution in [0.5, 0.6) is 11.5 Å². The van der Waals surface area contributed by atoms with Crippen molar-refractivity contribution in [2.45, 2.75) is 26.2 Å². The van der Waals surface area contributed by atoms with Crippen molar-refractivity contribution >= 4 is 5.97 Å². The highest BCUT2D eigenvalue weighted by molar-refractivity contribution is 5.91. The molecule has 0 amide bonds. The molecule has 6 heteroatoms. The summed E-state index contributed by atoms with van der Waals surface area (Å²) in [6, 6.07) is 15.0. The van der Waals surface area contributed by atoms with Crippen LogP contribution in [0.2, 0.25) is 0 Å². The van der Waals surface area contributed by atoms with Crippen LogP contribution < -0.4 is 9.47 Å². The van der Waals surface area contributed by atoms with E-state index >= 15 is 0 Å². The molecule has 3 aromatic carbocycles. The number of esters is 1. The van der Waals surface area contributed by atoms with Crippen molar-refractivity contribution in [1.82, 2.24) is 0 Å². The van der Waals surface area contributed by atoms with Gasteiger partial charge in [-0.05, 0) is 67.1 Å². The molecule has 0 saturated heterocycles. The van der Waals surface area contributed by atoms with Gasteiger partial charge in [-0.3, -0.25) is 0 Å². The number of benzene rings is 3. The van der Waals surface area contributed by atoms with E-state index in [0.717, 1.165) is 30.6 Å². The molecular formula is C26H21F3O3. The molecule has 0 atom stereocenters. The molecular weight excluding hydrogens is 417 g/mol. The Hall–Kier alpha value is -3.72. The minimum atomic E-state index is -1.64. The van der Waals surface area contributed by atoms with Crippen LogP contribution >= 0.6 is 0 Å². The summed E-state index contributed by atoms with van der Waals surface area (Å²) in [4.78, 5) is 12.0. The molecule has 0 aliphatic rings. The highest BCUT2D eigenvalue weighted by Crippen LogP contribution is 2.18. The highest BCUT2D eigenvalue weighted by atomic mass is 19.2. The molecule has 0 unspecified atom stereocenters. The highest BCUT2D eigenvalue weighted by Gasteiger charge is 2.16. The first-order valence-electron chi connectivity index (χ1n) is 10.2. The molecule has 0 N–H and O–H groups in total. The number of hydrogen-bond acceptors (Lipinski definition) is 3. The van der Waals surface area contributed by atoms with Crippen LogP contribution in [-0.4, -0.2) is 12.6 Å². The molecule has 164 valence electrons. The Morgan fingerprint density at radius 3 is 1.88 bits per heavy atom. The van der Waals surface area contributed by atoms with Crippen molar-refractivity contribution in [1.29, 1.82) is 0 Å². The fraction of sp³-hybridized carbons (Fsp3) is 0.192.